The van der Waals surface area contributed by atoms with E-state index < -0.39 is 0 Å². The zero-order valence-electron chi connectivity index (χ0n) is 11.6. The van der Waals surface area contributed by atoms with Gasteiger partial charge in [-0.1, -0.05) is 19.1 Å². The first-order valence-electron chi connectivity index (χ1n) is 7.05. The van der Waals surface area contributed by atoms with E-state index in [1.54, 1.807) is 0 Å². The van der Waals surface area contributed by atoms with Crippen molar-refractivity contribution in [2.75, 3.05) is 19.6 Å². The smallest absolute Gasteiger partial charge is 0.222 e. The Labute approximate surface area is 113 Å². The lowest BCUT2D eigenvalue weighted by Crippen LogP contribution is -2.29. The summed E-state index contributed by atoms with van der Waals surface area (Å²) in [6.07, 6.45) is 4.51. The topological polar surface area (TPSA) is 29.3 Å². The molecule has 0 atom stereocenters. The number of aryl methyl sites for hydroxylation is 1. The standard InChI is InChI=1S/C16H20N2O/c1-3-8-18-9-6-13(7-10-18)16-17-14-11-12(2)4-5-15(14)19-16/h4-6,11H,3,7-10H2,1-2H3. The number of nitrogens with zero attached hydrogens (tertiary/aromatic N) is 2. The second-order valence-electron chi connectivity index (χ2n) is 5.27. The van der Waals surface area contributed by atoms with E-state index in [0.29, 0.717) is 0 Å². The van der Waals surface area contributed by atoms with Crippen molar-refractivity contribution in [3.05, 3.63) is 35.7 Å². The van der Waals surface area contributed by atoms with Crippen molar-refractivity contribution in [1.82, 2.24) is 9.88 Å². The molecule has 2 aromatic rings. The molecule has 1 aromatic carbocycles. The van der Waals surface area contributed by atoms with Gasteiger partial charge in [-0.05, 0) is 44.0 Å². The fourth-order valence-corrected chi connectivity index (χ4v) is 2.60. The molecule has 0 spiro atoms. The summed E-state index contributed by atoms with van der Waals surface area (Å²) in [7, 11) is 0. The molecule has 0 N–H and O–H groups in total. The van der Waals surface area contributed by atoms with Gasteiger partial charge in [0.25, 0.3) is 0 Å². The van der Waals surface area contributed by atoms with E-state index in [4.69, 9.17) is 4.42 Å². The van der Waals surface area contributed by atoms with Gasteiger partial charge in [-0.25, -0.2) is 4.98 Å². The van der Waals surface area contributed by atoms with Crippen LogP contribution >= 0.6 is 0 Å². The highest BCUT2D eigenvalue weighted by molar-refractivity contribution is 5.76. The molecule has 3 nitrogen and oxygen atoms in total. The van der Waals surface area contributed by atoms with Crippen molar-refractivity contribution in [3.63, 3.8) is 0 Å². The molecule has 1 aliphatic rings. The molecule has 19 heavy (non-hydrogen) atoms. The van der Waals surface area contributed by atoms with Gasteiger partial charge >= 0.3 is 0 Å². The van der Waals surface area contributed by atoms with Crippen LogP contribution in [0.25, 0.3) is 16.7 Å². The maximum absolute atomic E-state index is 5.86. The number of fused-ring (bicyclic) bond motifs is 1. The zero-order chi connectivity index (χ0) is 13.2. The normalized spacial score (nSPS) is 16.8. The largest absolute Gasteiger partial charge is 0.436 e. The number of rotatable bonds is 3. The van der Waals surface area contributed by atoms with E-state index in [0.717, 1.165) is 36.5 Å². The Morgan fingerprint density at radius 1 is 1.37 bits per heavy atom. The molecule has 0 amide bonds. The lowest BCUT2D eigenvalue weighted by atomic mass is 10.1. The highest BCUT2D eigenvalue weighted by atomic mass is 16.3. The SMILES string of the molecule is CCCN1CC=C(c2nc3cc(C)ccc3o2)CC1. The van der Waals surface area contributed by atoms with E-state index in [2.05, 4.69) is 41.9 Å². The Kier molecular flexibility index (Phi) is 3.38. The number of oxazole rings is 1. The molecule has 100 valence electrons. The monoisotopic (exact) mass is 256 g/mol. The second kappa shape index (κ2) is 5.17. The first-order valence-corrected chi connectivity index (χ1v) is 7.05. The van der Waals surface area contributed by atoms with Gasteiger partial charge in [0, 0.05) is 18.7 Å². The molecular formula is C16H20N2O. The van der Waals surface area contributed by atoms with Gasteiger partial charge in [-0.15, -0.1) is 0 Å². The fraction of sp³-hybridized carbons (Fsp3) is 0.438. The summed E-state index contributed by atoms with van der Waals surface area (Å²) in [4.78, 5) is 7.08. The Morgan fingerprint density at radius 3 is 3.00 bits per heavy atom. The molecular weight excluding hydrogens is 236 g/mol. The Balaban J connectivity index is 1.85. The van der Waals surface area contributed by atoms with Crippen LogP contribution in [0.2, 0.25) is 0 Å². The Morgan fingerprint density at radius 2 is 2.26 bits per heavy atom. The molecule has 0 fully saturated rings. The molecule has 3 heteroatoms. The molecule has 2 heterocycles. The number of benzene rings is 1. The van der Waals surface area contributed by atoms with Gasteiger partial charge in [0.15, 0.2) is 5.58 Å². The summed E-state index contributed by atoms with van der Waals surface area (Å²) in [5.41, 5.74) is 4.32. The van der Waals surface area contributed by atoms with Gasteiger partial charge in [0.05, 0.1) is 0 Å². The van der Waals surface area contributed by atoms with Crippen molar-refractivity contribution < 1.29 is 4.42 Å². The molecule has 0 unspecified atom stereocenters. The summed E-state index contributed by atoms with van der Waals surface area (Å²) in [5.74, 6) is 0.803. The van der Waals surface area contributed by atoms with Gasteiger partial charge in [0.1, 0.15) is 5.52 Å². The minimum absolute atomic E-state index is 0.803. The van der Waals surface area contributed by atoms with Crippen molar-refractivity contribution in [2.24, 2.45) is 0 Å². The molecule has 1 aliphatic heterocycles. The zero-order valence-corrected chi connectivity index (χ0v) is 11.6. The van der Waals surface area contributed by atoms with E-state index >= 15 is 0 Å². The van der Waals surface area contributed by atoms with Gasteiger partial charge in [0.2, 0.25) is 5.89 Å². The molecule has 0 radical (unpaired) electrons. The maximum atomic E-state index is 5.86. The Bertz CT molecular complexity index is 612. The lowest BCUT2D eigenvalue weighted by molar-refractivity contribution is 0.301. The predicted molar refractivity (Wildman–Crippen MR) is 78.1 cm³/mol. The maximum Gasteiger partial charge on any atom is 0.222 e. The third-order valence-corrected chi connectivity index (χ3v) is 3.65. The quantitative estimate of drug-likeness (QED) is 0.839. The van der Waals surface area contributed by atoms with Crippen molar-refractivity contribution in [3.8, 4) is 0 Å². The summed E-state index contributed by atoms with van der Waals surface area (Å²) in [6.45, 7) is 7.60. The van der Waals surface area contributed by atoms with Crippen LogP contribution in [0.5, 0.6) is 0 Å². The van der Waals surface area contributed by atoms with Crippen LogP contribution in [0.3, 0.4) is 0 Å². The van der Waals surface area contributed by atoms with Crippen molar-refractivity contribution in [1.29, 1.82) is 0 Å². The first kappa shape index (κ1) is 12.4. The number of hydrogen-bond donors (Lipinski definition) is 0. The number of aromatic nitrogens is 1. The van der Waals surface area contributed by atoms with Crippen LogP contribution in [0.4, 0.5) is 0 Å². The average molecular weight is 256 g/mol. The van der Waals surface area contributed by atoms with Crippen LogP contribution in [0, 0.1) is 6.92 Å². The highest BCUT2D eigenvalue weighted by Gasteiger charge is 2.16. The van der Waals surface area contributed by atoms with Gasteiger partial charge in [-0.3, -0.25) is 4.90 Å². The number of hydrogen-bond acceptors (Lipinski definition) is 3. The first-order chi connectivity index (χ1) is 9.26. The average Bonchev–Trinajstić information content (AvgIpc) is 2.83. The van der Waals surface area contributed by atoms with Crippen LogP contribution in [0.15, 0.2) is 28.7 Å². The van der Waals surface area contributed by atoms with E-state index in [9.17, 15) is 0 Å². The molecule has 1 aromatic heterocycles. The molecule has 0 saturated carbocycles. The van der Waals surface area contributed by atoms with Crippen LogP contribution in [-0.2, 0) is 0 Å². The van der Waals surface area contributed by atoms with Crippen molar-refractivity contribution in [2.45, 2.75) is 26.7 Å². The van der Waals surface area contributed by atoms with Gasteiger partial charge in [-0.2, -0.15) is 0 Å². The molecule has 0 aliphatic carbocycles. The highest BCUT2D eigenvalue weighted by Crippen LogP contribution is 2.26. The fourth-order valence-electron chi connectivity index (χ4n) is 2.60. The third kappa shape index (κ3) is 2.56. The summed E-state index contributed by atoms with van der Waals surface area (Å²) < 4.78 is 5.86. The second-order valence-corrected chi connectivity index (χ2v) is 5.27. The Hall–Kier alpha value is -1.61. The molecule has 0 saturated heterocycles. The lowest BCUT2D eigenvalue weighted by Gasteiger charge is -2.24. The van der Waals surface area contributed by atoms with Gasteiger partial charge < -0.3 is 4.42 Å². The predicted octanol–water partition coefficient (Wildman–Crippen LogP) is 3.64. The summed E-state index contributed by atoms with van der Waals surface area (Å²) in [6, 6.07) is 6.15. The molecule has 0 bridgehead atoms. The van der Waals surface area contributed by atoms with Crippen molar-refractivity contribution >= 4 is 16.7 Å². The van der Waals surface area contributed by atoms with Crippen LogP contribution < -0.4 is 0 Å². The minimum atomic E-state index is 0.803. The van der Waals surface area contributed by atoms with Crippen LogP contribution in [0.1, 0.15) is 31.2 Å². The minimum Gasteiger partial charge on any atom is -0.436 e. The van der Waals surface area contributed by atoms with E-state index in [1.807, 2.05) is 6.07 Å². The third-order valence-electron chi connectivity index (χ3n) is 3.65. The van der Waals surface area contributed by atoms with E-state index in [-0.39, 0.29) is 0 Å². The van der Waals surface area contributed by atoms with Crippen LogP contribution in [-0.4, -0.2) is 29.5 Å². The molecule has 3 rings (SSSR count). The van der Waals surface area contributed by atoms with E-state index in [1.165, 1.54) is 24.1 Å². The summed E-state index contributed by atoms with van der Waals surface area (Å²) >= 11 is 0. The summed E-state index contributed by atoms with van der Waals surface area (Å²) in [5, 5.41) is 0.